The average Bonchev–Trinajstić information content (AvgIpc) is 2.27. The number of rotatable bonds is 5. The van der Waals surface area contributed by atoms with Gasteiger partial charge in [0.1, 0.15) is 6.61 Å². The highest BCUT2D eigenvalue weighted by Gasteiger charge is 2.11. The molecule has 1 rings (SSSR count). The Hall–Kier alpha value is -2.04. The van der Waals surface area contributed by atoms with Crippen molar-refractivity contribution in [1.29, 1.82) is 0 Å². The maximum Gasteiger partial charge on any atom is 0.338 e. The van der Waals surface area contributed by atoms with Crippen molar-refractivity contribution in [3.63, 3.8) is 0 Å². The summed E-state index contributed by atoms with van der Waals surface area (Å²) in [6, 6.07) is 5.07. The summed E-state index contributed by atoms with van der Waals surface area (Å²) in [6.45, 7) is 5.61. The van der Waals surface area contributed by atoms with Crippen molar-refractivity contribution in [3.05, 3.63) is 29.3 Å². The molecule has 0 heterocycles. The SMILES string of the molecule is Cc1cc(N)ccc1C(=O)OCCC(=O)NC(C)C. The Kier molecular flexibility index (Phi) is 5.36. The highest BCUT2D eigenvalue weighted by molar-refractivity contribution is 5.91. The van der Waals surface area contributed by atoms with E-state index in [9.17, 15) is 9.59 Å². The van der Waals surface area contributed by atoms with Gasteiger partial charge >= 0.3 is 5.97 Å². The molecule has 0 aliphatic heterocycles. The minimum atomic E-state index is -0.435. The molecule has 0 aromatic heterocycles. The predicted octanol–water partition coefficient (Wildman–Crippen LogP) is 1.65. The van der Waals surface area contributed by atoms with Crippen LogP contribution in [0.1, 0.15) is 36.2 Å². The van der Waals surface area contributed by atoms with Crippen LogP contribution in [-0.2, 0) is 9.53 Å². The number of benzene rings is 1. The summed E-state index contributed by atoms with van der Waals surface area (Å²) in [5, 5.41) is 2.73. The standard InChI is InChI=1S/C14H20N2O3/c1-9(2)16-13(17)6-7-19-14(18)12-5-4-11(15)8-10(12)3/h4-5,8-9H,6-7,15H2,1-3H3,(H,16,17). The number of hydrogen-bond acceptors (Lipinski definition) is 4. The van der Waals surface area contributed by atoms with E-state index >= 15 is 0 Å². The van der Waals surface area contributed by atoms with Crippen LogP contribution in [0.15, 0.2) is 18.2 Å². The first kappa shape index (κ1) is 15.0. The van der Waals surface area contributed by atoms with Crippen LogP contribution in [0, 0.1) is 6.92 Å². The van der Waals surface area contributed by atoms with Gasteiger partial charge < -0.3 is 15.8 Å². The average molecular weight is 264 g/mol. The fourth-order valence-corrected chi connectivity index (χ4v) is 1.62. The van der Waals surface area contributed by atoms with E-state index in [1.165, 1.54) is 0 Å². The number of ether oxygens (including phenoxy) is 1. The summed E-state index contributed by atoms with van der Waals surface area (Å²) in [4.78, 5) is 23.1. The summed E-state index contributed by atoms with van der Waals surface area (Å²) < 4.78 is 5.06. The summed E-state index contributed by atoms with van der Waals surface area (Å²) in [5.74, 6) is -0.563. The van der Waals surface area contributed by atoms with Crippen molar-refractivity contribution in [3.8, 4) is 0 Å². The van der Waals surface area contributed by atoms with Gasteiger partial charge in [-0.2, -0.15) is 0 Å². The lowest BCUT2D eigenvalue weighted by molar-refractivity contribution is -0.122. The Balaban J connectivity index is 2.45. The molecular formula is C14H20N2O3. The molecule has 0 aliphatic carbocycles. The molecule has 19 heavy (non-hydrogen) atoms. The molecule has 1 amide bonds. The van der Waals surface area contributed by atoms with Gasteiger partial charge in [-0.1, -0.05) is 0 Å². The number of carbonyl (C=O) groups is 2. The molecule has 0 fully saturated rings. The topological polar surface area (TPSA) is 81.4 Å². The van der Waals surface area contributed by atoms with Gasteiger partial charge in [-0.15, -0.1) is 0 Å². The first-order valence-corrected chi connectivity index (χ1v) is 6.22. The summed E-state index contributed by atoms with van der Waals surface area (Å²) in [7, 11) is 0. The molecule has 0 atom stereocenters. The maximum atomic E-state index is 11.8. The Morgan fingerprint density at radius 1 is 1.37 bits per heavy atom. The molecule has 0 bridgehead atoms. The number of hydrogen-bond donors (Lipinski definition) is 2. The molecule has 1 aromatic rings. The molecular weight excluding hydrogens is 244 g/mol. The van der Waals surface area contributed by atoms with E-state index in [2.05, 4.69) is 5.32 Å². The number of amides is 1. The normalized spacial score (nSPS) is 10.3. The lowest BCUT2D eigenvalue weighted by atomic mass is 10.1. The number of carbonyl (C=O) groups excluding carboxylic acids is 2. The fourth-order valence-electron chi connectivity index (χ4n) is 1.62. The van der Waals surface area contributed by atoms with Crippen LogP contribution >= 0.6 is 0 Å². The Bertz CT molecular complexity index is 470. The third-order valence-electron chi connectivity index (χ3n) is 2.48. The van der Waals surface area contributed by atoms with E-state index in [0.29, 0.717) is 11.3 Å². The molecule has 1 aromatic carbocycles. The summed E-state index contributed by atoms with van der Waals surface area (Å²) in [5.41, 5.74) is 7.44. The first-order chi connectivity index (χ1) is 8.90. The maximum absolute atomic E-state index is 11.8. The second-order valence-electron chi connectivity index (χ2n) is 4.68. The van der Waals surface area contributed by atoms with Gasteiger partial charge in [-0.25, -0.2) is 4.79 Å². The second-order valence-corrected chi connectivity index (χ2v) is 4.68. The van der Waals surface area contributed by atoms with E-state index in [0.717, 1.165) is 5.56 Å². The lowest BCUT2D eigenvalue weighted by Crippen LogP contribution is -2.31. The van der Waals surface area contributed by atoms with Crippen LogP contribution in [0.5, 0.6) is 0 Å². The van der Waals surface area contributed by atoms with Gasteiger partial charge in [0.05, 0.1) is 12.0 Å². The van der Waals surface area contributed by atoms with Crippen LogP contribution in [0.4, 0.5) is 5.69 Å². The molecule has 0 spiro atoms. The largest absolute Gasteiger partial charge is 0.462 e. The highest BCUT2D eigenvalue weighted by Crippen LogP contribution is 2.13. The van der Waals surface area contributed by atoms with Crippen molar-refractivity contribution in [1.82, 2.24) is 5.32 Å². The number of anilines is 1. The zero-order chi connectivity index (χ0) is 14.4. The first-order valence-electron chi connectivity index (χ1n) is 6.22. The quantitative estimate of drug-likeness (QED) is 0.626. The van der Waals surface area contributed by atoms with Crippen molar-refractivity contribution >= 4 is 17.6 Å². The highest BCUT2D eigenvalue weighted by atomic mass is 16.5. The van der Waals surface area contributed by atoms with Gasteiger partial charge in [-0.3, -0.25) is 4.79 Å². The molecule has 3 N–H and O–H groups in total. The van der Waals surface area contributed by atoms with Crippen LogP contribution in [-0.4, -0.2) is 24.5 Å². The molecule has 0 aliphatic rings. The minimum Gasteiger partial charge on any atom is -0.462 e. The monoisotopic (exact) mass is 264 g/mol. The Morgan fingerprint density at radius 3 is 2.63 bits per heavy atom. The molecule has 5 nitrogen and oxygen atoms in total. The molecule has 104 valence electrons. The van der Waals surface area contributed by atoms with Gasteiger partial charge in [0.25, 0.3) is 0 Å². The van der Waals surface area contributed by atoms with Crippen LogP contribution in [0.2, 0.25) is 0 Å². The smallest absolute Gasteiger partial charge is 0.338 e. The third-order valence-corrected chi connectivity index (χ3v) is 2.48. The predicted molar refractivity (Wildman–Crippen MR) is 73.8 cm³/mol. The van der Waals surface area contributed by atoms with Crippen molar-refractivity contribution in [2.24, 2.45) is 0 Å². The lowest BCUT2D eigenvalue weighted by Gasteiger charge is -2.09. The zero-order valence-electron chi connectivity index (χ0n) is 11.5. The van der Waals surface area contributed by atoms with Gasteiger partial charge in [-0.05, 0) is 44.5 Å². The number of nitrogens with one attached hydrogen (secondary N) is 1. The molecule has 5 heteroatoms. The van der Waals surface area contributed by atoms with E-state index in [4.69, 9.17) is 10.5 Å². The second kappa shape index (κ2) is 6.78. The van der Waals surface area contributed by atoms with E-state index in [1.807, 2.05) is 13.8 Å². The van der Waals surface area contributed by atoms with E-state index in [-0.39, 0.29) is 25.0 Å². The Morgan fingerprint density at radius 2 is 2.05 bits per heavy atom. The number of nitrogens with two attached hydrogens (primary N) is 1. The van der Waals surface area contributed by atoms with Crippen molar-refractivity contribution in [2.45, 2.75) is 33.2 Å². The fraction of sp³-hybridized carbons (Fsp3) is 0.429. The zero-order valence-corrected chi connectivity index (χ0v) is 11.5. The molecule has 0 radical (unpaired) electrons. The van der Waals surface area contributed by atoms with E-state index in [1.54, 1.807) is 25.1 Å². The van der Waals surface area contributed by atoms with E-state index < -0.39 is 5.97 Å². The minimum absolute atomic E-state index is 0.0706. The summed E-state index contributed by atoms with van der Waals surface area (Å²) in [6.07, 6.45) is 0.165. The van der Waals surface area contributed by atoms with Gasteiger partial charge in [0, 0.05) is 11.7 Å². The Labute approximate surface area is 113 Å². The van der Waals surface area contributed by atoms with Crippen LogP contribution < -0.4 is 11.1 Å². The summed E-state index contributed by atoms with van der Waals surface area (Å²) >= 11 is 0. The molecule has 0 saturated heterocycles. The van der Waals surface area contributed by atoms with Crippen molar-refractivity contribution < 1.29 is 14.3 Å². The molecule has 0 saturated carbocycles. The van der Waals surface area contributed by atoms with Gasteiger partial charge in [0.15, 0.2) is 0 Å². The molecule has 0 unspecified atom stereocenters. The third kappa shape index (κ3) is 4.99. The van der Waals surface area contributed by atoms with Crippen molar-refractivity contribution in [2.75, 3.05) is 12.3 Å². The number of esters is 1. The van der Waals surface area contributed by atoms with Gasteiger partial charge in [0.2, 0.25) is 5.91 Å². The number of aryl methyl sites for hydroxylation is 1. The van der Waals surface area contributed by atoms with Crippen LogP contribution in [0.3, 0.4) is 0 Å². The van der Waals surface area contributed by atoms with Crippen LogP contribution in [0.25, 0.3) is 0 Å². The number of nitrogen functional groups attached to an aromatic ring is 1.